The van der Waals surface area contributed by atoms with Crippen LogP contribution in [0.3, 0.4) is 0 Å². The van der Waals surface area contributed by atoms with Gasteiger partial charge in [-0.25, -0.2) is 4.98 Å². The van der Waals surface area contributed by atoms with Gasteiger partial charge in [-0.1, -0.05) is 0 Å². The standard InChI is InChI=1S/C9H11N5O/c1-6-11-3-4-14(6)7-5-8(15-2)13-9(10)12-7/h3-5H,1-2H3,(H2,10,12,13). The van der Waals surface area contributed by atoms with Crippen LogP contribution in [0.5, 0.6) is 5.88 Å². The van der Waals surface area contributed by atoms with Crippen LogP contribution in [0.2, 0.25) is 0 Å². The van der Waals surface area contributed by atoms with E-state index >= 15 is 0 Å². The molecule has 2 aromatic rings. The van der Waals surface area contributed by atoms with E-state index < -0.39 is 0 Å². The number of aromatic nitrogens is 4. The number of anilines is 1. The van der Waals surface area contributed by atoms with E-state index in [9.17, 15) is 0 Å². The number of aryl methyl sites for hydroxylation is 1. The SMILES string of the molecule is COc1cc(-n2ccnc2C)nc(N)n1. The second-order valence-electron chi connectivity index (χ2n) is 2.97. The summed E-state index contributed by atoms with van der Waals surface area (Å²) in [5.74, 6) is 2.09. The van der Waals surface area contributed by atoms with E-state index in [4.69, 9.17) is 10.5 Å². The number of methoxy groups -OCH3 is 1. The second kappa shape index (κ2) is 3.56. The third kappa shape index (κ3) is 1.74. The van der Waals surface area contributed by atoms with Crippen LogP contribution >= 0.6 is 0 Å². The van der Waals surface area contributed by atoms with E-state index in [1.807, 2.05) is 6.92 Å². The molecular weight excluding hydrogens is 194 g/mol. The van der Waals surface area contributed by atoms with Crippen molar-refractivity contribution in [2.75, 3.05) is 12.8 Å². The van der Waals surface area contributed by atoms with Gasteiger partial charge < -0.3 is 10.5 Å². The van der Waals surface area contributed by atoms with Crippen molar-refractivity contribution in [3.8, 4) is 11.7 Å². The summed E-state index contributed by atoms with van der Waals surface area (Å²) in [5, 5.41) is 0. The Labute approximate surface area is 86.7 Å². The van der Waals surface area contributed by atoms with Crippen LogP contribution < -0.4 is 10.5 Å². The molecule has 0 saturated heterocycles. The second-order valence-corrected chi connectivity index (χ2v) is 2.97. The minimum atomic E-state index is 0.178. The summed E-state index contributed by atoms with van der Waals surface area (Å²) in [5.41, 5.74) is 5.56. The van der Waals surface area contributed by atoms with Crippen molar-refractivity contribution in [3.63, 3.8) is 0 Å². The average Bonchev–Trinajstić information content (AvgIpc) is 2.63. The third-order valence-electron chi connectivity index (χ3n) is 1.99. The molecule has 0 bridgehead atoms. The molecule has 0 radical (unpaired) electrons. The summed E-state index contributed by atoms with van der Waals surface area (Å²) in [7, 11) is 1.53. The van der Waals surface area contributed by atoms with Gasteiger partial charge >= 0.3 is 0 Å². The third-order valence-corrected chi connectivity index (χ3v) is 1.99. The highest BCUT2D eigenvalue weighted by Crippen LogP contribution is 2.14. The molecule has 0 fully saturated rings. The predicted molar refractivity (Wildman–Crippen MR) is 54.9 cm³/mol. The van der Waals surface area contributed by atoms with Crippen molar-refractivity contribution in [2.45, 2.75) is 6.92 Å². The fraction of sp³-hybridized carbons (Fsp3) is 0.222. The first kappa shape index (κ1) is 9.45. The Kier molecular flexibility index (Phi) is 2.24. The van der Waals surface area contributed by atoms with Gasteiger partial charge in [0, 0.05) is 18.5 Å². The largest absolute Gasteiger partial charge is 0.481 e. The quantitative estimate of drug-likeness (QED) is 0.775. The molecule has 6 nitrogen and oxygen atoms in total. The first-order valence-electron chi connectivity index (χ1n) is 4.39. The van der Waals surface area contributed by atoms with Crippen LogP contribution in [0.1, 0.15) is 5.82 Å². The first-order valence-corrected chi connectivity index (χ1v) is 4.39. The molecule has 6 heteroatoms. The van der Waals surface area contributed by atoms with Crippen LogP contribution in [0, 0.1) is 6.92 Å². The van der Waals surface area contributed by atoms with Gasteiger partial charge in [-0.3, -0.25) is 4.57 Å². The summed E-state index contributed by atoms with van der Waals surface area (Å²) < 4.78 is 6.81. The van der Waals surface area contributed by atoms with E-state index in [2.05, 4.69) is 15.0 Å². The topological polar surface area (TPSA) is 78.8 Å². The van der Waals surface area contributed by atoms with Crippen molar-refractivity contribution in [1.82, 2.24) is 19.5 Å². The maximum atomic E-state index is 5.56. The maximum absolute atomic E-state index is 5.56. The Morgan fingerprint density at radius 2 is 2.20 bits per heavy atom. The minimum Gasteiger partial charge on any atom is -0.481 e. The van der Waals surface area contributed by atoms with Crippen molar-refractivity contribution in [3.05, 3.63) is 24.3 Å². The Bertz CT molecular complexity index is 479. The highest BCUT2D eigenvalue weighted by atomic mass is 16.5. The molecule has 0 aromatic carbocycles. The Balaban J connectivity index is 2.53. The Hall–Kier alpha value is -2.11. The zero-order chi connectivity index (χ0) is 10.8. The zero-order valence-electron chi connectivity index (χ0n) is 8.51. The lowest BCUT2D eigenvalue weighted by molar-refractivity contribution is 0.397. The highest BCUT2D eigenvalue weighted by Gasteiger charge is 2.06. The number of imidazole rings is 1. The number of nitrogen functional groups attached to an aromatic ring is 1. The molecule has 2 aromatic heterocycles. The molecule has 0 spiro atoms. The van der Waals surface area contributed by atoms with E-state index in [0.717, 1.165) is 5.82 Å². The minimum absolute atomic E-state index is 0.178. The molecule has 15 heavy (non-hydrogen) atoms. The van der Waals surface area contributed by atoms with Gasteiger partial charge in [-0.15, -0.1) is 0 Å². The average molecular weight is 205 g/mol. The van der Waals surface area contributed by atoms with Gasteiger partial charge in [-0.2, -0.15) is 9.97 Å². The van der Waals surface area contributed by atoms with Gasteiger partial charge in [0.25, 0.3) is 0 Å². The first-order chi connectivity index (χ1) is 7.20. The lowest BCUT2D eigenvalue weighted by atomic mass is 10.5. The summed E-state index contributed by atoms with van der Waals surface area (Å²) in [6, 6.07) is 1.70. The molecule has 0 amide bonds. The fourth-order valence-corrected chi connectivity index (χ4v) is 1.28. The molecule has 2 heterocycles. The molecule has 78 valence electrons. The molecule has 0 aliphatic rings. The number of nitrogens with two attached hydrogens (primary N) is 1. The number of ether oxygens (including phenoxy) is 1. The molecule has 0 aliphatic heterocycles. The fourth-order valence-electron chi connectivity index (χ4n) is 1.28. The van der Waals surface area contributed by atoms with Crippen LogP contribution in [-0.4, -0.2) is 26.6 Å². The summed E-state index contributed by atoms with van der Waals surface area (Å²) in [6.45, 7) is 1.88. The molecule has 0 saturated carbocycles. The van der Waals surface area contributed by atoms with Gasteiger partial charge in [0.15, 0.2) is 0 Å². The van der Waals surface area contributed by atoms with Crippen molar-refractivity contribution in [1.29, 1.82) is 0 Å². The molecule has 2 rings (SSSR count). The number of rotatable bonds is 2. The van der Waals surface area contributed by atoms with Gasteiger partial charge in [-0.05, 0) is 6.92 Å². The maximum Gasteiger partial charge on any atom is 0.225 e. The Morgan fingerprint density at radius 3 is 2.80 bits per heavy atom. The normalized spacial score (nSPS) is 10.3. The predicted octanol–water partition coefficient (Wildman–Crippen LogP) is 0.562. The van der Waals surface area contributed by atoms with Crippen molar-refractivity contribution >= 4 is 5.95 Å². The Morgan fingerprint density at radius 1 is 1.40 bits per heavy atom. The zero-order valence-corrected chi connectivity index (χ0v) is 8.51. The molecular formula is C9H11N5O. The number of nitrogens with zero attached hydrogens (tertiary/aromatic N) is 4. The molecule has 2 N–H and O–H groups in total. The molecule has 0 unspecified atom stereocenters. The number of hydrogen-bond acceptors (Lipinski definition) is 5. The summed E-state index contributed by atoms with van der Waals surface area (Å²) in [4.78, 5) is 12.1. The van der Waals surface area contributed by atoms with Gasteiger partial charge in [0.2, 0.25) is 11.8 Å². The summed E-state index contributed by atoms with van der Waals surface area (Å²) >= 11 is 0. The van der Waals surface area contributed by atoms with E-state index in [-0.39, 0.29) is 5.95 Å². The lowest BCUT2D eigenvalue weighted by Gasteiger charge is -2.06. The molecule has 0 atom stereocenters. The smallest absolute Gasteiger partial charge is 0.225 e. The monoisotopic (exact) mass is 205 g/mol. The highest BCUT2D eigenvalue weighted by molar-refractivity contribution is 5.35. The molecule has 0 aliphatic carbocycles. The van der Waals surface area contributed by atoms with E-state index in [1.54, 1.807) is 23.0 Å². The van der Waals surface area contributed by atoms with E-state index in [0.29, 0.717) is 11.7 Å². The van der Waals surface area contributed by atoms with E-state index in [1.165, 1.54) is 7.11 Å². The van der Waals surface area contributed by atoms with Gasteiger partial charge in [0.05, 0.1) is 7.11 Å². The van der Waals surface area contributed by atoms with Crippen molar-refractivity contribution < 1.29 is 4.74 Å². The lowest BCUT2D eigenvalue weighted by Crippen LogP contribution is -2.04. The van der Waals surface area contributed by atoms with Crippen LogP contribution in [0.15, 0.2) is 18.5 Å². The van der Waals surface area contributed by atoms with Crippen LogP contribution in [-0.2, 0) is 0 Å². The van der Waals surface area contributed by atoms with Crippen LogP contribution in [0.25, 0.3) is 5.82 Å². The number of hydrogen-bond donors (Lipinski definition) is 1. The van der Waals surface area contributed by atoms with Crippen molar-refractivity contribution in [2.24, 2.45) is 0 Å². The summed E-state index contributed by atoms with van der Waals surface area (Å²) in [6.07, 6.45) is 3.50. The van der Waals surface area contributed by atoms with Gasteiger partial charge in [0.1, 0.15) is 11.6 Å². The van der Waals surface area contributed by atoms with Crippen LogP contribution in [0.4, 0.5) is 5.95 Å².